The number of nitrogens with zero attached hydrogens (tertiary/aromatic N) is 2. The third-order valence-corrected chi connectivity index (χ3v) is 7.92. The molecular weight excluding hydrogens is 482 g/mol. The van der Waals surface area contributed by atoms with Gasteiger partial charge in [0.15, 0.2) is 0 Å². The molecule has 3 amide bonds. The van der Waals surface area contributed by atoms with E-state index >= 15 is 0 Å². The largest absolute Gasteiger partial charge is 0.343 e. The number of hydrogen-bond acceptors (Lipinski definition) is 6. The summed E-state index contributed by atoms with van der Waals surface area (Å²) in [7, 11) is -3.69. The minimum absolute atomic E-state index is 0.0359. The molecule has 194 valence electrons. The zero-order chi connectivity index (χ0) is 26.5. The standard InChI is InChI=1S/C25H33N5O5S/c1-24(2,3)20(29-36(4,34)35)21(31)27-19(11-15-9-10-15)22(32)30-14-25(12-16(30)13-26)17-7-5-6-8-18(17)28-23(25)33/h5-8,15-16,19-20,29H,9-12,14H2,1-4H3,(H,27,31)(H,28,33)/t16-,19-,20+,25-/m0/s1. The lowest BCUT2D eigenvalue weighted by Gasteiger charge is -2.32. The monoisotopic (exact) mass is 515 g/mol. The summed E-state index contributed by atoms with van der Waals surface area (Å²) in [6, 6.07) is 6.59. The van der Waals surface area contributed by atoms with E-state index in [4.69, 9.17) is 0 Å². The van der Waals surface area contributed by atoms with Gasteiger partial charge in [-0.05, 0) is 29.4 Å². The first-order valence-electron chi connectivity index (χ1n) is 12.1. The molecule has 4 rings (SSSR count). The van der Waals surface area contributed by atoms with E-state index in [1.165, 1.54) is 4.90 Å². The summed E-state index contributed by atoms with van der Waals surface area (Å²) >= 11 is 0. The van der Waals surface area contributed by atoms with Crippen LogP contribution in [0.15, 0.2) is 24.3 Å². The van der Waals surface area contributed by atoms with Gasteiger partial charge in [0, 0.05) is 18.7 Å². The molecule has 0 bridgehead atoms. The summed E-state index contributed by atoms with van der Waals surface area (Å²) in [6.45, 7) is 5.24. The molecule has 1 aromatic rings. The average Bonchev–Trinajstić information content (AvgIpc) is 3.45. The molecule has 1 saturated carbocycles. The Labute approximate surface area is 211 Å². The molecule has 0 radical (unpaired) electrons. The van der Waals surface area contributed by atoms with Crippen LogP contribution in [0.1, 0.15) is 52.0 Å². The third kappa shape index (κ3) is 5.11. The van der Waals surface area contributed by atoms with Gasteiger partial charge in [0.05, 0.1) is 17.7 Å². The Balaban J connectivity index is 1.60. The highest BCUT2D eigenvalue weighted by Crippen LogP contribution is 2.46. The lowest BCUT2D eigenvalue weighted by molar-refractivity contribution is -0.138. The Kier molecular flexibility index (Phi) is 6.64. The maximum absolute atomic E-state index is 13.8. The highest BCUT2D eigenvalue weighted by Gasteiger charge is 2.56. The Morgan fingerprint density at radius 3 is 2.53 bits per heavy atom. The number of fused-ring (bicyclic) bond motifs is 2. The number of carbonyl (C=O) groups is 3. The van der Waals surface area contributed by atoms with Crippen molar-refractivity contribution in [2.45, 2.75) is 70.0 Å². The minimum Gasteiger partial charge on any atom is -0.343 e. The second-order valence-corrected chi connectivity index (χ2v) is 13.1. The van der Waals surface area contributed by atoms with E-state index in [-0.39, 0.29) is 24.8 Å². The Hall–Kier alpha value is -2.97. The highest BCUT2D eigenvalue weighted by atomic mass is 32.2. The van der Waals surface area contributed by atoms with Crippen molar-refractivity contribution in [2.24, 2.45) is 11.3 Å². The lowest BCUT2D eigenvalue weighted by Crippen LogP contribution is -2.58. The Bertz CT molecular complexity index is 1230. The number of benzene rings is 1. The molecule has 2 aliphatic heterocycles. The number of amides is 3. The zero-order valence-electron chi connectivity index (χ0n) is 21.0. The summed E-state index contributed by atoms with van der Waals surface area (Å²) in [5.74, 6) is -1.00. The molecule has 3 aliphatic rings. The van der Waals surface area contributed by atoms with Crippen molar-refractivity contribution in [3.05, 3.63) is 29.8 Å². The number of rotatable bonds is 7. The fourth-order valence-corrected chi connectivity index (χ4v) is 6.08. The van der Waals surface area contributed by atoms with Crippen LogP contribution in [0.25, 0.3) is 0 Å². The van der Waals surface area contributed by atoms with Crippen LogP contribution in [-0.4, -0.2) is 62.0 Å². The number of likely N-dealkylation sites (tertiary alicyclic amines) is 1. The van der Waals surface area contributed by atoms with Gasteiger partial charge < -0.3 is 15.5 Å². The van der Waals surface area contributed by atoms with Crippen molar-refractivity contribution in [1.29, 1.82) is 5.26 Å². The molecule has 3 N–H and O–H groups in total. The first-order chi connectivity index (χ1) is 16.7. The fraction of sp³-hybridized carbons (Fsp3) is 0.600. The molecule has 0 aromatic heterocycles. The second-order valence-electron chi connectivity index (χ2n) is 11.3. The van der Waals surface area contributed by atoms with Crippen LogP contribution in [0.2, 0.25) is 0 Å². The van der Waals surface area contributed by atoms with Gasteiger partial charge >= 0.3 is 0 Å². The number of carbonyl (C=O) groups excluding carboxylic acids is 3. The quantitative estimate of drug-likeness (QED) is 0.498. The van der Waals surface area contributed by atoms with Crippen molar-refractivity contribution in [2.75, 3.05) is 18.1 Å². The smallest absolute Gasteiger partial charge is 0.246 e. The maximum atomic E-state index is 13.8. The van der Waals surface area contributed by atoms with E-state index in [0.29, 0.717) is 12.1 Å². The predicted molar refractivity (Wildman–Crippen MR) is 133 cm³/mol. The normalized spacial score (nSPS) is 25.1. The minimum atomic E-state index is -3.69. The lowest BCUT2D eigenvalue weighted by atomic mass is 9.80. The van der Waals surface area contributed by atoms with Crippen molar-refractivity contribution >= 4 is 33.4 Å². The van der Waals surface area contributed by atoms with Gasteiger partial charge in [-0.15, -0.1) is 0 Å². The topological polar surface area (TPSA) is 148 Å². The van der Waals surface area contributed by atoms with Crippen LogP contribution >= 0.6 is 0 Å². The molecule has 10 nitrogen and oxygen atoms in total. The third-order valence-electron chi connectivity index (χ3n) is 7.26. The van der Waals surface area contributed by atoms with Crippen molar-refractivity contribution < 1.29 is 22.8 Å². The Morgan fingerprint density at radius 2 is 1.94 bits per heavy atom. The predicted octanol–water partition coefficient (Wildman–Crippen LogP) is 1.25. The van der Waals surface area contributed by atoms with Crippen LogP contribution in [0.5, 0.6) is 0 Å². The average molecular weight is 516 g/mol. The van der Waals surface area contributed by atoms with Gasteiger partial charge in [-0.2, -0.15) is 5.26 Å². The molecule has 0 unspecified atom stereocenters. The molecular formula is C25H33N5O5S. The van der Waals surface area contributed by atoms with E-state index in [2.05, 4.69) is 21.4 Å². The maximum Gasteiger partial charge on any atom is 0.246 e. The number of para-hydroxylation sites is 1. The molecule has 1 aliphatic carbocycles. The van der Waals surface area contributed by atoms with Crippen LogP contribution in [0.4, 0.5) is 5.69 Å². The van der Waals surface area contributed by atoms with Crippen molar-refractivity contribution in [1.82, 2.24) is 14.9 Å². The second kappa shape index (κ2) is 9.16. The van der Waals surface area contributed by atoms with E-state index in [9.17, 15) is 28.1 Å². The number of nitrogens with one attached hydrogen (secondary N) is 3. The first kappa shape index (κ1) is 26.1. The van der Waals surface area contributed by atoms with Gasteiger partial charge in [0.1, 0.15) is 18.1 Å². The molecule has 36 heavy (non-hydrogen) atoms. The van der Waals surface area contributed by atoms with Gasteiger partial charge in [0.25, 0.3) is 0 Å². The molecule has 4 atom stereocenters. The van der Waals surface area contributed by atoms with Crippen LogP contribution in [0.3, 0.4) is 0 Å². The van der Waals surface area contributed by atoms with Gasteiger partial charge in [0.2, 0.25) is 27.7 Å². The van der Waals surface area contributed by atoms with E-state index in [1.54, 1.807) is 26.8 Å². The number of anilines is 1. The number of nitriles is 1. The molecule has 2 fully saturated rings. The zero-order valence-corrected chi connectivity index (χ0v) is 21.8. The number of sulfonamides is 1. The van der Waals surface area contributed by atoms with E-state index in [0.717, 1.165) is 24.7 Å². The summed E-state index contributed by atoms with van der Waals surface area (Å²) in [4.78, 5) is 41.6. The van der Waals surface area contributed by atoms with Crippen LogP contribution in [0, 0.1) is 22.7 Å². The fourth-order valence-electron chi connectivity index (χ4n) is 5.19. The SMILES string of the molecule is CC(C)(C)[C@H](NS(C)(=O)=O)C(=O)N[C@@H](CC1CC1)C(=O)N1C[C@]2(C[C@H]1C#N)C(=O)Nc1ccccc12. The molecule has 1 aromatic carbocycles. The van der Waals surface area contributed by atoms with Gasteiger partial charge in [-0.25, -0.2) is 13.1 Å². The summed E-state index contributed by atoms with van der Waals surface area (Å²) in [5.41, 5.74) is -0.333. The first-order valence-corrected chi connectivity index (χ1v) is 14.0. The van der Waals surface area contributed by atoms with Crippen molar-refractivity contribution in [3.8, 4) is 6.07 Å². The molecule has 2 heterocycles. The van der Waals surface area contributed by atoms with Crippen LogP contribution < -0.4 is 15.4 Å². The summed E-state index contributed by atoms with van der Waals surface area (Å²) in [5, 5.41) is 15.6. The van der Waals surface area contributed by atoms with E-state index in [1.807, 2.05) is 18.2 Å². The van der Waals surface area contributed by atoms with Gasteiger partial charge in [-0.1, -0.05) is 51.8 Å². The molecule has 1 spiro atoms. The molecule has 11 heteroatoms. The Morgan fingerprint density at radius 1 is 1.28 bits per heavy atom. The molecule has 1 saturated heterocycles. The summed E-state index contributed by atoms with van der Waals surface area (Å²) < 4.78 is 26.2. The van der Waals surface area contributed by atoms with E-state index < -0.39 is 50.8 Å². The highest BCUT2D eigenvalue weighted by molar-refractivity contribution is 7.88. The van der Waals surface area contributed by atoms with Crippen molar-refractivity contribution in [3.63, 3.8) is 0 Å². The van der Waals surface area contributed by atoms with Gasteiger partial charge in [-0.3, -0.25) is 14.4 Å². The summed E-state index contributed by atoms with van der Waals surface area (Å²) in [6.07, 6.45) is 3.42. The van der Waals surface area contributed by atoms with Crippen LogP contribution in [-0.2, 0) is 29.8 Å². The number of hydrogen-bond donors (Lipinski definition) is 3.